The summed E-state index contributed by atoms with van der Waals surface area (Å²) in [7, 11) is 0. The van der Waals surface area contributed by atoms with Crippen molar-refractivity contribution in [1.82, 2.24) is 14.9 Å². The fourth-order valence-electron chi connectivity index (χ4n) is 3.71. The Morgan fingerprint density at radius 1 is 1.27 bits per heavy atom. The molecule has 6 heteroatoms. The van der Waals surface area contributed by atoms with Crippen LogP contribution in [0.5, 0.6) is 0 Å². The van der Waals surface area contributed by atoms with E-state index >= 15 is 0 Å². The van der Waals surface area contributed by atoms with E-state index in [9.17, 15) is 4.79 Å². The Bertz CT molecular complexity index is 958. The molecule has 0 aliphatic carbocycles. The zero-order chi connectivity index (χ0) is 18.1. The van der Waals surface area contributed by atoms with Crippen molar-refractivity contribution in [2.24, 2.45) is 0 Å². The Labute approximate surface area is 152 Å². The molecule has 3 aromatic rings. The maximum absolute atomic E-state index is 12.3. The lowest BCUT2D eigenvalue weighted by molar-refractivity contribution is 0.0344. The number of pyridine rings is 1. The topological polar surface area (TPSA) is 67.5 Å². The Kier molecular flexibility index (Phi) is 4.61. The van der Waals surface area contributed by atoms with Crippen LogP contribution in [0.4, 0.5) is 0 Å². The number of fused-ring (bicyclic) bond motifs is 3. The first-order valence-corrected chi connectivity index (χ1v) is 9.05. The molecule has 1 N–H and O–H groups in total. The average Bonchev–Trinajstić information content (AvgIpc) is 3.03. The van der Waals surface area contributed by atoms with Crippen LogP contribution < -0.4 is 0 Å². The summed E-state index contributed by atoms with van der Waals surface area (Å²) in [5.74, 6) is -0.369. The van der Waals surface area contributed by atoms with Gasteiger partial charge < -0.3 is 14.5 Å². The third-order valence-corrected chi connectivity index (χ3v) is 4.96. The number of hydrogen-bond acceptors (Lipinski definition) is 5. The van der Waals surface area contributed by atoms with Gasteiger partial charge in [0.25, 0.3) is 0 Å². The van der Waals surface area contributed by atoms with Gasteiger partial charge in [-0.05, 0) is 31.0 Å². The number of rotatable bonds is 4. The average molecular weight is 353 g/mol. The van der Waals surface area contributed by atoms with E-state index in [4.69, 9.17) is 9.47 Å². The number of aryl methyl sites for hydroxylation is 1. The Morgan fingerprint density at radius 2 is 2.08 bits per heavy atom. The molecule has 1 aliphatic rings. The molecule has 0 unspecified atom stereocenters. The molecule has 2 aromatic heterocycles. The van der Waals surface area contributed by atoms with Crippen LogP contribution in [0.1, 0.15) is 28.5 Å². The van der Waals surface area contributed by atoms with Gasteiger partial charge in [-0.3, -0.25) is 4.90 Å². The third-order valence-electron chi connectivity index (χ3n) is 4.96. The SMILES string of the molecule is CCOC(=O)c1ncc2[nH]c3cccc(CN4CCOCC4)c3c2c1C. The molecule has 1 fully saturated rings. The van der Waals surface area contributed by atoms with Gasteiger partial charge in [0.1, 0.15) is 0 Å². The number of hydrogen-bond donors (Lipinski definition) is 1. The first-order valence-electron chi connectivity index (χ1n) is 9.05. The molecule has 3 heterocycles. The van der Waals surface area contributed by atoms with E-state index in [1.807, 2.05) is 6.92 Å². The van der Waals surface area contributed by atoms with Crippen molar-refractivity contribution in [1.29, 1.82) is 0 Å². The largest absolute Gasteiger partial charge is 0.461 e. The second-order valence-electron chi connectivity index (χ2n) is 6.59. The molecule has 6 nitrogen and oxygen atoms in total. The quantitative estimate of drug-likeness (QED) is 0.730. The van der Waals surface area contributed by atoms with Crippen LogP contribution in [0.15, 0.2) is 24.4 Å². The summed E-state index contributed by atoms with van der Waals surface area (Å²) in [6.07, 6.45) is 1.73. The summed E-state index contributed by atoms with van der Waals surface area (Å²) in [5, 5.41) is 2.22. The fraction of sp³-hybridized carbons (Fsp3) is 0.400. The molecular formula is C20H23N3O3. The van der Waals surface area contributed by atoms with E-state index in [0.29, 0.717) is 12.3 Å². The lowest BCUT2D eigenvalue weighted by Crippen LogP contribution is -2.35. The summed E-state index contributed by atoms with van der Waals surface area (Å²) in [6, 6.07) is 6.30. The molecule has 26 heavy (non-hydrogen) atoms. The fourth-order valence-corrected chi connectivity index (χ4v) is 3.71. The molecule has 1 aliphatic heterocycles. The van der Waals surface area contributed by atoms with Gasteiger partial charge in [-0.2, -0.15) is 0 Å². The molecule has 0 saturated carbocycles. The number of aromatic amines is 1. The minimum absolute atomic E-state index is 0.341. The van der Waals surface area contributed by atoms with Crippen LogP contribution in [-0.2, 0) is 16.0 Å². The lowest BCUT2D eigenvalue weighted by Gasteiger charge is -2.26. The summed E-state index contributed by atoms with van der Waals surface area (Å²) >= 11 is 0. The van der Waals surface area contributed by atoms with E-state index < -0.39 is 0 Å². The maximum Gasteiger partial charge on any atom is 0.357 e. The van der Waals surface area contributed by atoms with Gasteiger partial charge in [0, 0.05) is 35.9 Å². The first kappa shape index (κ1) is 17.0. The minimum Gasteiger partial charge on any atom is -0.461 e. The molecule has 0 bridgehead atoms. The number of esters is 1. The van der Waals surface area contributed by atoms with Crippen molar-refractivity contribution in [2.45, 2.75) is 20.4 Å². The molecular weight excluding hydrogens is 330 g/mol. The van der Waals surface area contributed by atoms with Gasteiger partial charge in [-0.15, -0.1) is 0 Å². The predicted octanol–water partition coefficient (Wildman–Crippen LogP) is 3.03. The minimum atomic E-state index is -0.369. The van der Waals surface area contributed by atoms with Crippen LogP contribution in [0, 0.1) is 6.92 Å². The molecule has 0 spiro atoms. The van der Waals surface area contributed by atoms with Gasteiger partial charge in [0.15, 0.2) is 5.69 Å². The standard InChI is InChI=1S/C20H23N3O3/c1-3-26-20(24)19-13(2)17-16(11-21-19)22-15-6-4-5-14(18(15)17)12-23-7-9-25-10-8-23/h4-6,11,22H,3,7-10,12H2,1-2H3. The van der Waals surface area contributed by atoms with Crippen molar-refractivity contribution < 1.29 is 14.3 Å². The van der Waals surface area contributed by atoms with Crippen molar-refractivity contribution in [3.63, 3.8) is 0 Å². The maximum atomic E-state index is 12.3. The number of H-pyrrole nitrogens is 1. The number of carbonyl (C=O) groups is 1. The van der Waals surface area contributed by atoms with Gasteiger partial charge in [0.2, 0.25) is 0 Å². The lowest BCUT2D eigenvalue weighted by atomic mass is 10.0. The van der Waals surface area contributed by atoms with Crippen LogP contribution >= 0.6 is 0 Å². The Morgan fingerprint density at radius 3 is 2.85 bits per heavy atom. The van der Waals surface area contributed by atoms with Crippen LogP contribution in [-0.4, -0.2) is 53.7 Å². The Hall–Kier alpha value is -2.44. The van der Waals surface area contributed by atoms with E-state index in [0.717, 1.165) is 54.8 Å². The van der Waals surface area contributed by atoms with Crippen LogP contribution in [0.2, 0.25) is 0 Å². The third kappa shape index (κ3) is 2.95. The first-order chi connectivity index (χ1) is 12.7. The van der Waals surface area contributed by atoms with Crippen molar-refractivity contribution in [3.8, 4) is 0 Å². The molecule has 136 valence electrons. The van der Waals surface area contributed by atoms with E-state index in [2.05, 4.69) is 33.1 Å². The smallest absolute Gasteiger partial charge is 0.357 e. The highest BCUT2D eigenvalue weighted by atomic mass is 16.5. The number of carbonyl (C=O) groups excluding carboxylic acids is 1. The zero-order valence-corrected chi connectivity index (χ0v) is 15.2. The van der Waals surface area contributed by atoms with Gasteiger partial charge in [-0.1, -0.05) is 12.1 Å². The van der Waals surface area contributed by atoms with Gasteiger partial charge in [0.05, 0.1) is 31.5 Å². The second-order valence-corrected chi connectivity index (χ2v) is 6.59. The van der Waals surface area contributed by atoms with Crippen molar-refractivity contribution >= 4 is 27.8 Å². The van der Waals surface area contributed by atoms with Gasteiger partial charge >= 0.3 is 5.97 Å². The Balaban J connectivity index is 1.85. The summed E-state index contributed by atoms with van der Waals surface area (Å²) in [4.78, 5) is 22.4. The molecule has 1 aromatic carbocycles. The highest BCUT2D eigenvalue weighted by Gasteiger charge is 2.20. The normalized spacial score (nSPS) is 15.6. The van der Waals surface area contributed by atoms with Crippen LogP contribution in [0.3, 0.4) is 0 Å². The van der Waals surface area contributed by atoms with E-state index in [-0.39, 0.29) is 5.97 Å². The molecule has 0 radical (unpaired) electrons. The second kappa shape index (κ2) is 7.05. The monoisotopic (exact) mass is 353 g/mol. The number of ether oxygens (including phenoxy) is 2. The van der Waals surface area contributed by atoms with Gasteiger partial charge in [-0.25, -0.2) is 9.78 Å². The highest BCUT2D eigenvalue weighted by Crippen LogP contribution is 2.32. The molecule has 0 amide bonds. The van der Waals surface area contributed by atoms with Crippen LogP contribution in [0.25, 0.3) is 21.8 Å². The predicted molar refractivity (Wildman–Crippen MR) is 100 cm³/mol. The molecule has 4 rings (SSSR count). The van der Waals surface area contributed by atoms with Crippen molar-refractivity contribution in [2.75, 3.05) is 32.9 Å². The number of nitrogens with zero attached hydrogens (tertiary/aromatic N) is 2. The zero-order valence-electron chi connectivity index (χ0n) is 15.2. The molecule has 1 saturated heterocycles. The number of nitrogens with one attached hydrogen (secondary N) is 1. The summed E-state index contributed by atoms with van der Waals surface area (Å²) < 4.78 is 10.6. The number of benzene rings is 1. The summed E-state index contributed by atoms with van der Waals surface area (Å²) in [6.45, 7) is 8.39. The van der Waals surface area contributed by atoms with E-state index in [1.165, 1.54) is 10.9 Å². The van der Waals surface area contributed by atoms with E-state index in [1.54, 1.807) is 13.1 Å². The number of aromatic nitrogens is 2. The van der Waals surface area contributed by atoms with Crippen molar-refractivity contribution in [3.05, 3.63) is 41.2 Å². The molecule has 0 atom stereocenters. The highest BCUT2D eigenvalue weighted by molar-refractivity contribution is 6.12. The summed E-state index contributed by atoms with van der Waals surface area (Å²) in [5.41, 5.74) is 4.51. The number of morpholine rings is 1.